The van der Waals surface area contributed by atoms with Crippen LogP contribution in [-0.4, -0.2) is 33.8 Å². The van der Waals surface area contributed by atoms with Crippen molar-refractivity contribution in [3.05, 3.63) is 107 Å². The first-order valence-electron chi connectivity index (χ1n) is 11.2. The molecule has 1 aliphatic rings. The first-order valence-corrected chi connectivity index (χ1v) is 11.6. The Morgan fingerprint density at radius 2 is 1.83 bits per heavy atom. The average molecular weight is 502 g/mol. The highest BCUT2D eigenvalue weighted by atomic mass is 32.1. The summed E-state index contributed by atoms with van der Waals surface area (Å²) in [7, 11) is 3.22. The fourth-order valence-corrected chi connectivity index (χ4v) is 4.84. The molecule has 2 atom stereocenters. The van der Waals surface area contributed by atoms with Crippen molar-refractivity contribution in [2.24, 2.45) is 0 Å². The van der Waals surface area contributed by atoms with Crippen LogP contribution in [0.4, 0.5) is 11.4 Å². The maximum absolute atomic E-state index is 11.2. The van der Waals surface area contributed by atoms with Crippen LogP contribution in [0.2, 0.25) is 0 Å². The Morgan fingerprint density at radius 3 is 2.50 bits per heavy atom. The number of hydrogen-bond donors (Lipinski definition) is 1. The van der Waals surface area contributed by atoms with Gasteiger partial charge in [-0.05, 0) is 60.7 Å². The number of benzene rings is 2. The second-order valence-electron chi connectivity index (χ2n) is 8.11. The van der Waals surface area contributed by atoms with Crippen LogP contribution < -0.4 is 19.7 Å². The van der Waals surface area contributed by atoms with Gasteiger partial charge in [-0.1, -0.05) is 6.07 Å². The number of rotatable bonds is 7. The Labute approximate surface area is 213 Å². The minimum Gasteiger partial charge on any atom is -0.497 e. The predicted molar refractivity (Wildman–Crippen MR) is 140 cm³/mol. The maximum Gasteiger partial charge on any atom is 0.269 e. The van der Waals surface area contributed by atoms with E-state index in [1.54, 1.807) is 32.5 Å². The molecule has 0 bridgehead atoms. The van der Waals surface area contributed by atoms with Crippen molar-refractivity contribution in [2.45, 2.75) is 12.1 Å². The standard InChI is InChI=1S/C26H23N5O4S/c1-34-19-12-13-23(35-2)22(16-19)30-25(24(28-26(30)36)20-6-3-4-14-27-20)21-7-5-15-29(21)17-8-10-18(11-9-17)31(32)33/h3-16,24-25H,1-2H3,(H,28,36)/t24-,25+/m0/s1. The monoisotopic (exact) mass is 501 g/mol. The summed E-state index contributed by atoms with van der Waals surface area (Å²) < 4.78 is 13.2. The number of pyridine rings is 1. The van der Waals surface area contributed by atoms with Crippen LogP contribution >= 0.6 is 12.2 Å². The third-order valence-corrected chi connectivity index (χ3v) is 6.48. The highest BCUT2D eigenvalue weighted by Gasteiger charge is 2.43. The van der Waals surface area contributed by atoms with E-state index < -0.39 is 4.92 Å². The van der Waals surface area contributed by atoms with Gasteiger partial charge < -0.3 is 24.3 Å². The second-order valence-corrected chi connectivity index (χ2v) is 8.50. The lowest BCUT2D eigenvalue weighted by Crippen LogP contribution is -2.30. The van der Waals surface area contributed by atoms with E-state index in [9.17, 15) is 10.1 Å². The lowest BCUT2D eigenvalue weighted by atomic mass is 10.0. The number of anilines is 1. The van der Waals surface area contributed by atoms with Gasteiger partial charge in [-0.25, -0.2) is 0 Å². The minimum atomic E-state index is -0.409. The molecule has 0 spiro atoms. The summed E-state index contributed by atoms with van der Waals surface area (Å²) in [6.07, 6.45) is 3.68. The molecule has 5 rings (SSSR count). The SMILES string of the molecule is COc1ccc(OC)c(N2C(=S)N[C@@H](c3ccccn3)[C@H]2c2cccn2-c2ccc([N+](=O)[O-])cc2)c1. The van der Waals surface area contributed by atoms with Crippen molar-refractivity contribution >= 4 is 28.7 Å². The maximum atomic E-state index is 11.2. The molecule has 1 aliphatic heterocycles. The summed E-state index contributed by atoms with van der Waals surface area (Å²) in [5.41, 5.74) is 3.30. The number of nitro groups is 1. The summed E-state index contributed by atoms with van der Waals surface area (Å²) >= 11 is 5.85. The van der Waals surface area contributed by atoms with Gasteiger partial charge in [0.15, 0.2) is 5.11 Å². The molecule has 0 aliphatic carbocycles. The number of non-ortho nitro benzene ring substituents is 1. The van der Waals surface area contributed by atoms with Gasteiger partial charge in [0.25, 0.3) is 5.69 Å². The van der Waals surface area contributed by atoms with Crippen LogP contribution in [0, 0.1) is 10.1 Å². The fourth-order valence-electron chi connectivity index (χ4n) is 4.51. The van der Waals surface area contributed by atoms with Crippen molar-refractivity contribution in [2.75, 3.05) is 19.1 Å². The van der Waals surface area contributed by atoms with E-state index in [4.69, 9.17) is 21.7 Å². The molecule has 2 aromatic carbocycles. The highest BCUT2D eigenvalue weighted by molar-refractivity contribution is 7.80. The quantitative estimate of drug-likeness (QED) is 0.215. The number of thiocarbonyl (C=S) groups is 1. The summed E-state index contributed by atoms with van der Waals surface area (Å²) in [6.45, 7) is 0. The third-order valence-electron chi connectivity index (χ3n) is 6.17. The molecule has 182 valence electrons. The van der Waals surface area contributed by atoms with Crippen molar-refractivity contribution < 1.29 is 14.4 Å². The van der Waals surface area contributed by atoms with Crippen molar-refractivity contribution in [1.82, 2.24) is 14.9 Å². The van der Waals surface area contributed by atoms with E-state index >= 15 is 0 Å². The Hall–Kier alpha value is -4.44. The minimum absolute atomic E-state index is 0.0327. The summed E-state index contributed by atoms with van der Waals surface area (Å²) in [6, 6.07) is 21.1. The second kappa shape index (κ2) is 9.67. The normalized spacial score (nSPS) is 17.1. The molecule has 4 aromatic rings. The van der Waals surface area contributed by atoms with Gasteiger partial charge in [0.1, 0.15) is 17.5 Å². The van der Waals surface area contributed by atoms with Gasteiger partial charge in [0.05, 0.1) is 36.6 Å². The van der Waals surface area contributed by atoms with Gasteiger partial charge in [-0.2, -0.15) is 0 Å². The molecular weight excluding hydrogens is 478 g/mol. The van der Waals surface area contributed by atoms with Crippen molar-refractivity contribution in [3.8, 4) is 17.2 Å². The molecule has 1 fully saturated rings. The van der Waals surface area contributed by atoms with Crippen LogP contribution in [0.25, 0.3) is 5.69 Å². The number of nitrogens with one attached hydrogen (secondary N) is 1. The van der Waals surface area contributed by atoms with Gasteiger partial charge >= 0.3 is 0 Å². The molecule has 0 unspecified atom stereocenters. The topological polar surface area (TPSA) is 94.7 Å². The molecule has 10 heteroatoms. The number of ether oxygens (including phenoxy) is 2. The van der Waals surface area contributed by atoms with Gasteiger partial charge in [-0.3, -0.25) is 15.1 Å². The van der Waals surface area contributed by atoms with Gasteiger partial charge in [0.2, 0.25) is 0 Å². The largest absolute Gasteiger partial charge is 0.497 e. The molecule has 0 amide bonds. The molecule has 0 radical (unpaired) electrons. The number of hydrogen-bond acceptors (Lipinski definition) is 6. The van der Waals surface area contributed by atoms with Crippen LogP contribution in [0.1, 0.15) is 23.5 Å². The average Bonchev–Trinajstić information content (AvgIpc) is 3.53. The number of methoxy groups -OCH3 is 2. The predicted octanol–water partition coefficient (Wildman–Crippen LogP) is 4.97. The Kier molecular flexibility index (Phi) is 6.26. The van der Waals surface area contributed by atoms with Crippen molar-refractivity contribution in [3.63, 3.8) is 0 Å². The van der Waals surface area contributed by atoms with Gasteiger partial charge in [-0.15, -0.1) is 0 Å². The molecule has 0 saturated carbocycles. The van der Waals surface area contributed by atoms with Crippen molar-refractivity contribution in [1.29, 1.82) is 0 Å². The van der Waals surface area contributed by atoms with Crippen LogP contribution in [-0.2, 0) is 0 Å². The first-order chi connectivity index (χ1) is 17.5. The smallest absolute Gasteiger partial charge is 0.269 e. The third kappa shape index (κ3) is 4.11. The zero-order valence-electron chi connectivity index (χ0n) is 19.6. The molecule has 2 aromatic heterocycles. The summed E-state index contributed by atoms with van der Waals surface area (Å²) in [5, 5.41) is 15.1. The molecule has 1 saturated heterocycles. The molecule has 9 nitrogen and oxygen atoms in total. The zero-order valence-corrected chi connectivity index (χ0v) is 20.4. The van der Waals surface area contributed by atoms with E-state index in [2.05, 4.69) is 10.3 Å². The van der Waals surface area contributed by atoms with E-state index in [-0.39, 0.29) is 17.8 Å². The number of nitro benzene ring substituents is 1. The lowest BCUT2D eigenvalue weighted by molar-refractivity contribution is -0.384. The van der Waals surface area contributed by atoms with Crippen LogP contribution in [0.3, 0.4) is 0 Å². The summed E-state index contributed by atoms with van der Waals surface area (Å²) in [5.74, 6) is 1.31. The zero-order chi connectivity index (χ0) is 25.2. The van der Waals surface area contributed by atoms with E-state index in [1.807, 2.05) is 64.2 Å². The number of nitrogens with zero attached hydrogens (tertiary/aromatic N) is 4. The lowest BCUT2D eigenvalue weighted by Gasteiger charge is -2.30. The first kappa shape index (κ1) is 23.3. The highest BCUT2D eigenvalue weighted by Crippen LogP contribution is 2.46. The van der Waals surface area contributed by atoms with E-state index in [1.165, 1.54) is 12.1 Å². The molecule has 3 heterocycles. The number of aromatic nitrogens is 2. The van der Waals surface area contributed by atoms with Crippen LogP contribution in [0.15, 0.2) is 85.2 Å². The Morgan fingerprint density at radius 1 is 1.03 bits per heavy atom. The van der Waals surface area contributed by atoms with E-state index in [0.717, 1.165) is 22.8 Å². The summed E-state index contributed by atoms with van der Waals surface area (Å²) in [4.78, 5) is 17.4. The van der Waals surface area contributed by atoms with Crippen LogP contribution in [0.5, 0.6) is 11.5 Å². The molecule has 36 heavy (non-hydrogen) atoms. The fraction of sp³-hybridized carbons (Fsp3) is 0.154. The molecule has 1 N–H and O–H groups in total. The van der Waals surface area contributed by atoms with Gasteiger partial charge in [0, 0.05) is 42.0 Å². The Balaban J connectivity index is 1.68. The molecular formula is C26H23N5O4S. The van der Waals surface area contributed by atoms with E-state index in [0.29, 0.717) is 16.6 Å². The Bertz CT molecular complexity index is 1410.